The van der Waals surface area contributed by atoms with Gasteiger partial charge in [-0.2, -0.15) is 5.26 Å². The van der Waals surface area contributed by atoms with E-state index in [0.717, 1.165) is 12.8 Å². The number of hydrogen-bond acceptors (Lipinski definition) is 5. The highest BCUT2D eigenvalue weighted by Crippen LogP contribution is 2.41. The van der Waals surface area contributed by atoms with Gasteiger partial charge in [0.05, 0.1) is 50.4 Å². The van der Waals surface area contributed by atoms with Crippen LogP contribution in [0.3, 0.4) is 0 Å². The van der Waals surface area contributed by atoms with E-state index in [1.54, 1.807) is 54.6 Å². The van der Waals surface area contributed by atoms with Gasteiger partial charge in [0.25, 0.3) is 0 Å². The molecule has 1 saturated carbocycles. The second-order valence-corrected chi connectivity index (χ2v) is 11.6. The van der Waals surface area contributed by atoms with Crippen LogP contribution in [0, 0.1) is 17.2 Å². The SMILES string of the molecule is N#Cc1ccccc1-c1c(Cl)cc2[nH]c(C(CO)c3ccc(S(=O)(=O)CC4CC4)cc3)nc2c1Cl. The lowest BCUT2D eigenvalue weighted by Gasteiger charge is -2.13. The molecule has 0 amide bonds. The third-order valence-electron chi connectivity index (χ3n) is 6.31. The molecule has 0 spiro atoms. The number of imidazole rings is 1. The maximum absolute atomic E-state index is 12.6. The second-order valence-electron chi connectivity index (χ2n) is 8.75. The largest absolute Gasteiger partial charge is 0.395 e. The monoisotopic (exact) mass is 525 g/mol. The molecule has 178 valence electrons. The van der Waals surface area contributed by atoms with Crippen molar-refractivity contribution >= 4 is 44.1 Å². The molecule has 0 bridgehead atoms. The highest BCUT2D eigenvalue weighted by atomic mass is 35.5. The Morgan fingerprint density at radius 1 is 1.14 bits per heavy atom. The van der Waals surface area contributed by atoms with Gasteiger partial charge in [0.15, 0.2) is 9.84 Å². The predicted octanol–water partition coefficient (Wildman–Crippen LogP) is 5.72. The third-order valence-corrected chi connectivity index (χ3v) is 8.88. The number of nitrogens with one attached hydrogen (secondary N) is 1. The van der Waals surface area contributed by atoms with E-state index in [9.17, 15) is 18.8 Å². The van der Waals surface area contributed by atoms with Gasteiger partial charge >= 0.3 is 0 Å². The summed E-state index contributed by atoms with van der Waals surface area (Å²) in [5.41, 5.74) is 3.34. The summed E-state index contributed by atoms with van der Waals surface area (Å²) in [5.74, 6) is 0.393. The molecule has 1 atom stereocenters. The number of benzene rings is 3. The molecule has 2 N–H and O–H groups in total. The van der Waals surface area contributed by atoms with Crippen molar-refractivity contribution in [2.24, 2.45) is 5.92 Å². The molecule has 0 saturated heterocycles. The van der Waals surface area contributed by atoms with Crippen LogP contribution in [0.25, 0.3) is 22.2 Å². The molecule has 0 radical (unpaired) electrons. The fourth-order valence-electron chi connectivity index (χ4n) is 4.26. The van der Waals surface area contributed by atoms with Crippen LogP contribution < -0.4 is 0 Å². The Morgan fingerprint density at radius 2 is 1.86 bits per heavy atom. The van der Waals surface area contributed by atoms with Crippen LogP contribution in [0.15, 0.2) is 59.5 Å². The molecule has 35 heavy (non-hydrogen) atoms. The lowest BCUT2D eigenvalue weighted by atomic mass is 9.99. The van der Waals surface area contributed by atoms with Crippen LogP contribution in [0.1, 0.15) is 35.7 Å². The summed E-state index contributed by atoms with van der Waals surface area (Å²) < 4.78 is 25.1. The second kappa shape index (κ2) is 9.29. The van der Waals surface area contributed by atoms with Crippen LogP contribution in [-0.2, 0) is 9.84 Å². The molecule has 0 aliphatic heterocycles. The van der Waals surface area contributed by atoms with E-state index in [1.165, 1.54) is 0 Å². The fourth-order valence-corrected chi connectivity index (χ4v) is 6.66. The van der Waals surface area contributed by atoms with Crippen molar-refractivity contribution in [2.45, 2.75) is 23.7 Å². The summed E-state index contributed by atoms with van der Waals surface area (Å²) in [7, 11) is -3.32. The number of sulfone groups is 1. The standard InChI is InChI=1S/C26H21Cl2N3O3S/c27-21-11-22-25(24(28)23(21)19-4-2-1-3-17(19)12-29)31-26(30-22)20(13-32)16-7-9-18(10-8-16)35(33,34)14-15-5-6-15/h1-4,7-11,15,20,32H,5-6,13-14H2,(H,30,31). The van der Waals surface area contributed by atoms with Gasteiger partial charge in [0, 0.05) is 11.1 Å². The molecule has 4 aromatic rings. The molecular formula is C26H21Cl2N3O3S. The number of fused-ring (bicyclic) bond motifs is 1. The highest BCUT2D eigenvalue weighted by molar-refractivity contribution is 7.91. The molecule has 3 aromatic carbocycles. The zero-order chi connectivity index (χ0) is 24.7. The van der Waals surface area contributed by atoms with Crippen molar-refractivity contribution in [3.05, 3.63) is 81.6 Å². The number of rotatable bonds is 7. The molecule has 1 heterocycles. The first-order valence-corrected chi connectivity index (χ1v) is 13.5. The summed E-state index contributed by atoms with van der Waals surface area (Å²) in [6.45, 7) is -0.247. The van der Waals surface area contributed by atoms with E-state index >= 15 is 0 Å². The molecule has 6 nitrogen and oxygen atoms in total. The normalized spacial score (nSPS) is 14.7. The number of aliphatic hydroxyl groups excluding tert-OH is 1. The van der Waals surface area contributed by atoms with Gasteiger partial charge in [-0.3, -0.25) is 0 Å². The molecule has 1 unspecified atom stereocenters. The Balaban J connectivity index is 1.53. The molecule has 1 aromatic heterocycles. The van der Waals surface area contributed by atoms with Gasteiger partial charge in [0.2, 0.25) is 0 Å². The zero-order valence-corrected chi connectivity index (χ0v) is 20.8. The van der Waals surface area contributed by atoms with Gasteiger partial charge in [-0.15, -0.1) is 0 Å². The predicted molar refractivity (Wildman–Crippen MR) is 136 cm³/mol. The number of halogens is 2. The zero-order valence-electron chi connectivity index (χ0n) is 18.5. The average Bonchev–Trinajstić information content (AvgIpc) is 3.55. The van der Waals surface area contributed by atoms with Gasteiger partial charge in [0.1, 0.15) is 11.3 Å². The third kappa shape index (κ3) is 4.55. The summed E-state index contributed by atoms with van der Waals surface area (Å²) in [6, 6.07) is 17.5. The number of nitrogens with zero attached hydrogens (tertiary/aromatic N) is 2. The summed E-state index contributed by atoms with van der Waals surface area (Å²) in [4.78, 5) is 8.13. The smallest absolute Gasteiger partial charge is 0.178 e. The van der Waals surface area contributed by atoms with Gasteiger partial charge in [-0.1, -0.05) is 53.5 Å². The van der Waals surface area contributed by atoms with Crippen molar-refractivity contribution in [2.75, 3.05) is 12.4 Å². The summed E-state index contributed by atoms with van der Waals surface area (Å²) in [6.07, 6.45) is 1.93. The number of H-pyrrole nitrogens is 1. The lowest BCUT2D eigenvalue weighted by Crippen LogP contribution is -2.10. The first-order chi connectivity index (χ1) is 16.8. The maximum atomic E-state index is 12.6. The summed E-state index contributed by atoms with van der Waals surface area (Å²) in [5, 5.41) is 20.3. The maximum Gasteiger partial charge on any atom is 0.178 e. The number of aromatic nitrogens is 2. The van der Waals surface area contributed by atoms with Crippen molar-refractivity contribution in [3.63, 3.8) is 0 Å². The molecule has 5 rings (SSSR count). The first-order valence-electron chi connectivity index (χ1n) is 11.1. The number of aliphatic hydroxyl groups is 1. The molecule has 9 heteroatoms. The van der Waals surface area contributed by atoms with Gasteiger partial charge in [-0.05, 0) is 48.6 Å². The van der Waals surface area contributed by atoms with E-state index < -0.39 is 15.8 Å². The van der Waals surface area contributed by atoms with Crippen molar-refractivity contribution in [1.29, 1.82) is 5.26 Å². The van der Waals surface area contributed by atoms with Crippen molar-refractivity contribution < 1.29 is 13.5 Å². The quantitative estimate of drug-likeness (QED) is 0.321. The van der Waals surface area contributed by atoms with E-state index in [4.69, 9.17) is 23.2 Å². The van der Waals surface area contributed by atoms with Crippen LogP contribution in [0.4, 0.5) is 0 Å². The lowest BCUT2D eigenvalue weighted by molar-refractivity contribution is 0.277. The Kier molecular flexibility index (Phi) is 6.32. The molecule has 1 aliphatic carbocycles. The molecular weight excluding hydrogens is 505 g/mol. The van der Waals surface area contributed by atoms with Crippen LogP contribution in [0.5, 0.6) is 0 Å². The highest BCUT2D eigenvalue weighted by Gasteiger charge is 2.29. The Bertz CT molecular complexity index is 1570. The molecule has 1 fully saturated rings. The number of aromatic amines is 1. The van der Waals surface area contributed by atoms with Crippen LogP contribution in [-0.4, -0.2) is 35.9 Å². The topological polar surface area (TPSA) is 107 Å². The summed E-state index contributed by atoms with van der Waals surface area (Å²) >= 11 is 13.3. The Hall–Kier alpha value is -2.89. The van der Waals surface area contributed by atoms with Gasteiger partial charge in [-0.25, -0.2) is 13.4 Å². The van der Waals surface area contributed by atoms with E-state index in [2.05, 4.69) is 16.0 Å². The number of nitriles is 1. The van der Waals surface area contributed by atoms with Crippen molar-refractivity contribution in [1.82, 2.24) is 9.97 Å². The minimum atomic E-state index is -3.32. The van der Waals surface area contributed by atoms with E-state index in [0.29, 0.717) is 49.2 Å². The van der Waals surface area contributed by atoms with Crippen molar-refractivity contribution in [3.8, 4) is 17.2 Å². The van der Waals surface area contributed by atoms with Gasteiger partial charge < -0.3 is 10.1 Å². The Labute approximate surface area is 213 Å². The molecule has 1 aliphatic rings. The number of hydrogen-bond donors (Lipinski definition) is 2. The minimum absolute atomic E-state index is 0.176. The van der Waals surface area contributed by atoms with Crippen LogP contribution >= 0.6 is 23.2 Å². The fraction of sp³-hybridized carbons (Fsp3) is 0.231. The minimum Gasteiger partial charge on any atom is -0.395 e. The van der Waals surface area contributed by atoms with E-state index in [-0.39, 0.29) is 23.2 Å². The first kappa shape index (κ1) is 23.8. The van der Waals surface area contributed by atoms with E-state index in [1.807, 2.05) is 0 Å². The average molecular weight is 526 g/mol. The Morgan fingerprint density at radius 3 is 2.51 bits per heavy atom. The van der Waals surface area contributed by atoms with Crippen LogP contribution in [0.2, 0.25) is 10.0 Å².